The molecule has 0 saturated carbocycles. The molecule has 2 N–H and O–H groups in total. The number of halogens is 2. The zero-order chi connectivity index (χ0) is 14.7. The normalized spacial score (nSPS) is 12.1. The molecule has 0 aliphatic rings. The fraction of sp³-hybridized carbons (Fsp3) is 0.200. The Hall–Kier alpha value is -1.78. The molecular weight excluding hydrogens is 281 g/mol. The van der Waals surface area contributed by atoms with Crippen LogP contribution in [0.15, 0.2) is 36.4 Å². The number of hydrogen-bond donors (Lipinski definition) is 1. The van der Waals surface area contributed by atoms with Crippen molar-refractivity contribution in [3.8, 4) is 17.2 Å². The third-order valence-electron chi connectivity index (χ3n) is 2.82. The summed E-state index contributed by atoms with van der Waals surface area (Å²) in [5.41, 5.74) is 6.69. The fourth-order valence-electron chi connectivity index (χ4n) is 1.92. The number of methoxy groups -OCH3 is 1. The fourth-order valence-corrected chi connectivity index (χ4v) is 2.12. The predicted molar refractivity (Wildman–Crippen MR) is 77.1 cm³/mol. The van der Waals surface area contributed by atoms with Crippen LogP contribution in [-0.4, -0.2) is 7.11 Å². The Morgan fingerprint density at radius 2 is 1.85 bits per heavy atom. The van der Waals surface area contributed by atoms with Gasteiger partial charge in [0.25, 0.3) is 0 Å². The highest BCUT2D eigenvalue weighted by Crippen LogP contribution is 2.37. The SMILES string of the molecule is COc1cccc(Oc2ccc(F)cc2Cl)c1[C@@H](C)N. The second-order valence-electron chi connectivity index (χ2n) is 4.34. The van der Waals surface area contributed by atoms with E-state index in [9.17, 15) is 4.39 Å². The largest absolute Gasteiger partial charge is 0.496 e. The maximum absolute atomic E-state index is 13.0. The predicted octanol–water partition coefficient (Wildman–Crippen LogP) is 4.30. The van der Waals surface area contributed by atoms with E-state index in [4.69, 9.17) is 26.8 Å². The zero-order valence-electron chi connectivity index (χ0n) is 11.2. The molecule has 5 heteroatoms. The molecule has 0 aliphatic heterocycles. The van der Waals surface area contributed by atoms with Crippen LogP contribution >= 0.6 is 11.6 Å². The molecule has 0 aromatic heterocycles. The zero-order valence-corrected chi connectivity index (χ0v) is 11.9. The lowest BCUT2D eigenvalue weighted by molar-refractivity contribution is 0.397. The van der Waals surface area contributed by atoms with Gasteiger partial charge in [0.1, 0.15) is 23.1 Å². The molecule has 2 rings (SSSR count). The third kappa shape index (κ3) is 3.03. The highest BCUT2D eigenvalue weighted by Gasteiger charge is 2.16. The quantitative estimate of drug-likeness (QED) is 0.914. The van der Waals surface area contributed by atoms with Crippen LogP contribution in [0.4, 0.5) is 4.39 Å². The molecule has 0 saturated heterocycles. The Labute approximate surface area is 122 Å². The van der Waals surface area contributed by atoms with E-state index >= 15 is 0 Å². The molecule has 0 spiro atoms. The van der Waals surface area contributed by atoms with Gasteiger partial charge in [-0.05, 0) is 37.3 Å². The van der Waals surface area contributed by atoms with E-state index < -0.39 is 5.82 Å². The van der Waals surface area contributed by atoms with E-state index in [0.29, 0.717) is 17.2 Å². The minimum atomic E-state index is -0.416. The molecule has 0 heterocycles. The topological polar surface area (TPSA) is 44.5 Å². The van der Waals surface area contributed by atoms with Gasteiger partial charge in [-0.2, -0.15) is 0 Å². The molecule has 20 heavy (non-hydrogen) atoms. The Balaban J connectivity index is 2.43. The second-order valence-corrected chi connectivity index (χ2v) is 4.74. The average molecular weight is 296 g/mol. The first kappa shape index (κ1) is 14.6. The number of ether oxygens (including phenoxy) is 2. The average Bonchev–Trinajstić information content (AvgIpc) is 2.41. The third-order valence-corrected chi connectivity index (χ3v) is 3.11. The Bertz CT molecular complexity index is 617. The summed E-state index contributed by atoms with van der Waals surface area (Å²) in [5.74, 6) is 1.12. The van der Waals surface area contributed by atoms with Crippen molar-refractivity contribution in [1.82, 2.24) is 0 Å². The molecular formula is C15H15ClFNO2. The summed E-state index contributed by atoms with van der Waals surface area (Å²) in [7, 11) is 1.57. The van der Waals surface area contributed by atoms with Gasteiger partial charge in [-0.15, -0.1) is 0 Å². The summed E-state index contributed by atoms with van der Waals surface area (Å²) in [6.45, 7) is 1.83. The van der Waals surface area contributed by atoms with Crippen LogP contribution in [-0.2, 0) is 0 Å². The maximum Gasteiger partial charge on any atom is 0.146 e. The second kappa shape index (κ2) is 6.11. The molecule has 1 atom stereocenters. The molecule has 106 valence electrons. The Morgan fingerprint density at radius 3 is 2.45 bits per heavy atom. The lowest BCUT2D eigenvalue weighted by Gasteiger charge is -2.17. The van der Waals surface area contributed by atoms with Gasteiger partial charge in [-0.3, -0.25) is 0 Å². The smallest absolute Gasteiger partial charge is 0.146 e. The van der Waals surface area contributed by atoms with Crippen LogP contribution in [0.3, 0.4) is 0 Å². The molecule has 2 aromatic carbocycles. The summed E-state index contributed by atoms with van der Waals surface area (Å²) < 4.78 is 24.1. The van der Waals surface area contributed by atoms with Crippen molar-refractivity contribution in [1.29, 1.82) is 0 Å². The van der Waals surface area contributed by atoms with Gasteiger partial charge >= 0.3 is 0 Å². The van der Waals surface area contributed by atoms with Crippen LogP contribution < -0.4 is 15.2 Å². The number of rotatable bonds is 4. The van der Waals surface area contributed by atoms with E-state index in [-0.39, 0.29) is 11.1 Å². The van der Waals surface area contributed by atoms with Crippen LogP contribution in [0, 0.1) is 5.82 Å². The molecule has 0 amide bonds. The number of benzene rings is 2. The van der Waals surface area contributed by atoms with Gasteiger partial charge < -0.3 is 15.2 Å². The molecule has 3 nitrogen and oxygen atoms in total. The monoisotopic (exact) mass is 295 g/mol. The van der Waals surface area contributed by atoms with Crippen molar-refractivity contribution in [2.45, 2.75) is 13.0 Å². The van der Waals surface area contributed by atoms with Crippen molar-refractivity contribution in [3.63, 3.8) is 0 Å². The van der Waals surface area contributed by atoms with Crippen molar-refractivity contribution in [2.24, 2.45) is 5.73 Å². The summed E-state index contributed by atoms with van der Waals surface area (Å²) >= 11 is 5.96. The molecule has 2 aromatic rings. The van der Waals surface area contributed by atoms with Gasteiger partial charge in [0.15, 0.2) is 0 Å². The molecule has 0 aliphatic carbocycles. The van der Waals surface area contributed by atoms with Crippen LogP contribution in [0.2, 0.25) is 5.02 Å². The first-order valence-electron chi connectivity index (χ1n) is 6.08. The Morgan fingerprint density at radius 1 is 1.15 bits per heavy atom. The molecule has 0 unspecified atom stereocenters. The van der Waals surface area contributed by atoms with Gasteiger partial charge in [0.05, 0.1) is 17.7 Å². The highest BCUT2D eigenvalue weighted by atomic mass is 35.5. The number of hydrogen-bond acceptors (Lipinski definition) is 3. The van der Waals surface area contributed by atoms with Crippen LogP contribution in [0.1, 0.15) is 18.5 Å². The van der Waals surface area contributed by atoms with Crippen molar-refractivity contribution < 1.29 is 13.9 Å². The molecule has 0 fully saturated rings. The van der Waals surface area contributed by atoms with Gasteiger partial charge in [-0.1, -0.05) is 17.7 Å². The lowest BCUT2D eigenvalue weighted by atomic mass is 10.1. The van der Waals surface area contributed by atoms with Gasteiger partial charge in [0.2, 0.25) is 0 Å². The van der Waals surface area contributed by atoms with E-state index in [1.54, 1.807) is 25.3 Å². The summed E-state index contributed by atoms with van der Waals surface area (Å²) in [4.78, 5) is 0. The summed E-state index contributed by atoms with van der Waals surface area (Å²) in [5, 5.41) is 0.198. The van der Waals surface area contributed by atoms with Crippen molar-refractivity contribution >= 4 is 11.6 Å². The Kier molecular flexibility index (Phi) is 4.47. The minimum absolute atomic E-state index is 0.198. The standard InChI is InChI=1S/C15H15ClFNO2/c1-9(18)15-13(19-2)4-3-5-14(15)20-12-7-6-10(17)8-11(12)16/h3-9H,18H2,1-2H3/t9-/m1/s1. The molecule has 0 bridgehead atoms. The van der Waals surface area contributed by atoms with Crippen LogP contribution in [0.5, 0.6) is 17.2 Å². The molecule has 0 radical (unpaired) electrons. The summed E-state index contributed by atoms with van der Waals surface area (Å²) in [6.07, 6.45) is 0. The first-order valence-corrected chi connectivity index (χ1v) is 6.46. The van der Waals surface area contributed by atoms with E-state index in [1.165, 1.54) is 18.2 Å². The number of nitrogens with two attached hydrogens (primary N) is 1. The van der Waals surface area contributed by atoms with E-state index in [0.717, 1.165) is 5.56 Å². The van der Waals surface area contributed by atoms with Gasteiger partial charge in [0, 0.05) is 6.04 Å². The minimum Gasteiger partial charge on any atom is -0.496 e. The van der Waals surface area contributed by atoms with Crippen molar-refractivity contribution in [2.75, 3.05) is 7.11 Å². The van der Waals surface area contributed by atoms with Gasteiger partial charge in [-0.25, -0.2) is 4.39 Å². The highest BCUT2D eigenvalue weighted by molar-refractivity contribution is 6.32. The lowest BCUT2D eigenvalue weighted by Crippen LogP contribution is -2.08. The van der Waals surface area contributed by atoms with Crippen molar-refractivity contribution in [3.05, 3.63) is 52.8 Å². The van der Waals surface area contributed by atoms with Crippen LogP contribution in [0.25, 0.3) is 0 Å². The van der Waals surface area contributed by atoms with E-state index in [2.05, 4.69) is 0 Å². The first-order chi connectivity index (χ1) is 9.52. The van der Waals surface area contributed by atoms with E-state index in [1.807, 2.05) is 6.92 Å². The maximum atomic E-state index is 13.0. The summed E-state index contributed by atoms with van der Waals surface area (Å²) in [6, 6.07) is 9.04.